The van der Waals surface area contributed by atoms with Crippen molar-refractivity contribution < 1.29 is 33.5 Å². The van der Waals surface area contributed by atoms with E-state index in [1.807, 2.05) is 0 Å². The summed E-state index contributed by atoms with van der Waals surface area (Å²) < 4.78 is 5.19. The van der Waals surface area contributed by atoms with E-state index in [1.54, 1.807) is 34.6 Å². The number of imide groups is 1. The van der Waals surface area contributed by atoms with E-state index in [2.05, 4.69) is 21.2 Å². The van der Waals surface area contributed by atoms with Gasteiger partial charge in [0.1, 0.15) is 23.7 Å². The van der Waals surface area contributed by atoms with Gasteiger partial charge in [0, 0.05) is 25.5 Å². The normalized spacial score (nSPS) is 19.3. The number of nitrogens with zero attached hydrogens (tertiary/aromatic N) is 4. The minimum absolute atomic E-state index is 0.0263. The highest BCUT2D eigenvalue weighted by Crippen LogP contribution is 2.22. The number of hydrogen-bond donors (Lipinski definition) is 4. The fraction of sp³-hybridized carbons (Fsp3) is 0.793. The van der Waals surface area contributed by atoms with Gasteiger partial charge in [-0.1, -0.05) is 13.8 Å². The molecule has 46 heavy (non-hydrogen) atoms. The SMILES string of the molecule is CC(C)[C@H](NC(=O)[C@@H]1CCCN1C(=O)[C@@H](N)CCCCNC(=O)OC(C)(C)C)C(=O)NC(=O)[C@@H]1CCCN1C(=O)N(CCCl)N=O. The third-order valence-electron chi connectivity index (χ3n) is 7.68. The molecule has 0 saturated carbocycles. The van der Waals surface area contributed by atoms with E-state index in [4.69, 9.17) is 22.1 Å². The minimum atomic E-state index is -1.10. The summed E-state index contributed by atoms with van der Waals surface area (Å²) in [7, 11) is 0. The van der Waals surface area contributed by atoms with Crippen LogP contribution < -0.4 is 21.7 Å². The molecule has 0 spiro atoms. The molecule has 5 N–H and O–H groups in total. The Morgan fingerprint density at radius 3 is 2.17 bits per heavy atom. The number of nitrogens with one attached hydrogen (secondary N) is 3. The lowest BCUT2D eigenvalue weighted by molar-refractivity contribution is -0.141. The molecule has 0 unspecified atom stereocenters. The molecular formula is C29H49ClN8O8. The van der Waals surface area contributed by atoms with Crippen molar-refractivity contribution in [1.29, 1.82) is 0 Å². The van der Waals surface area contributed by atoms with Gasteiger partial charge in [-0.25, -0.2) is 9.59 Å². The van der Waals surface area contributed by atoms with Crippen molar-refractivity contribution in [3.05, 3.63) is 4.91 Å². The van der Waals surface area contributed by atoms with Crippen LogP contribution in [0.4, 0.5) is 9.59 Å². The van der Waals surface area contributed by atoms with Gasteiger partial charge in [-0.15, -0.1) is 16.5 Å². The summed E-state index contributed by atoms with van der Waals surface area (Å²) in [4.78, 5) is 90.9. The van der Waals surface area contributed by atoms with Gasteiger partial charge in [-0.05, 0) is 71.6 Å². The second kappa shape index (κ2) is 18.0. The third kappa shape index (κ3) is 11.4. The zero-order chi connectivity index (χ0) is 34.6. The first-order chi connectivity index (χ1) is 21.6. The number of nitrogens with two attached hydrogens (primary N) is 1. The lowest BCUT2D eigenvalue weighted by Crippen LogP contribution is -2.58. The lowest BCUT2D eigenvalue weighted by atomic mass is 10.0. The maximum absolute atomic E-state index is 13.3. The van der Waals surface area contributed by atoms with E-state index < -0.39 is 65.5 Å². The number of unbranched alkanes of at least 4 members (excludes halogenated alkanes) is 1. The average Bonchev–Trinajstić information content (AvgIpc) is 3.67. The molecule has 4 atom stereocenters. The van der Waals surface area contributed by atoms with Crippen molar-refractivity contribution in [3.63, 3.8) is 0 Å². The van der Waals surface area contributed by atoms with Gasteiger partial charge >= 0.3 is 12.1 Å². The summed E-state index contributed by atoms with van der Waals surface area (Å²) >= 11 is 5.63. The third-order valence-corrected chi connectivity index (χ3v) is 7.85. The quantitative estimate of drug-likeness (QED) is 0.0911. The number of halogens is 1. The van der Waals surface area contributed by atoms with E-state index in [1.165, 1.54) is 9.80 Å². The Bertz CT molecular complexity index is 1120. The molecule has 0 bridgehead atoms. The molecule has 0 aromatic heterocycles. The van der Waals surface area contributed by atoms with Gasteiger partial charge in [0.25, 0.3) is 0 Å². The number of urea groups is 1. The summed E-state index contributed by atoms with van der Waals surface area (Å²) in [5.74, 6) is -2.85. The molecule has 0 aromatic rings. The standard InChI is InChI=1S/C29H49ClN8O8/c1-18(2)22(25(41)34-24(40)21-12-9-16-37(21)28(44)38(35-45)17-13-30)33-23(39)20-11-8-15-36(20)26(42)19(31)10-6-7-14-32-27(43)46-29(3,4)5/h18-22H,6-17,31H2,1-5H3,(H,32,43)(H,33,39)(H,34,40,41)/t19-,20-,21-,22-/m0/s1. The van der Waals surface area contributed by atoms with Crippen LogP contribution in [-0.2, 0) is 23.9 Å². The molecule has 0 aliphatic carbocycles. The molecule has 0 radical (unpaired) electrons. The van der Waals surface area contributed by atoms with Crippen molar-refractivity contribution in [1.82, 2.24) is 30.8 Å². The first-order valence-corrected chi connectivity index (χ1v) is 16.3. The Balaban J connectivity index is 1.93. The van der Waals surface area contributed by atoms with Crippen LogP contribution in [0.2, 0.25) is 0 Å². The van der Waals surface area contributed by atoms with Crippen LogP contribution in [0.15, 0.2) is 5.29 Å². The molecule has 2 rings (SSSR count). The number of carbonyl (C=O) groups is 6. The predicted molar refractivity (Wildman–Crippen MR) is 169 cm³/mol. The van der Waals surface area contributed by atoms with Crippen molar-refractivity contribution in [2.45, 2.75) is 109 Å². The van der Waals surface area contributed by atoms with Crippen LogP contribution in [0, 0.1) is 10.8 Å². The molecule has 2 aliphatic rings. The van der Waals surface area contributed by atoms with Crippen molar-refractivity contribution in [2.75, 3.05) is 32.1 Å². The number of alkyl carbamates (subject to hydrolysis) is 1. The maximum Gasteiger partial charge on any atom is 0.407 e. The van der Waals surface area contributed by atoms with Gasteiger partial charge in [-0.3, -0.25) is 24.5 Å². The molecule has 0 aromatic carbocycles. The second-order valence-corrected chi connectivity index (χ2v) is 13.2. The Labute approximate surface area is 274 Å². The molecule has 16 nitrogen and oxygen atoms in total. The van der Waals surface area contributed by atoms with Gasteiger partial charge in [0.05, 0.1) is 17.9 Å². The van der Waals surface area contributed by atoms with Crippen LogP contribution in [0.25, 0.3) is 0 Å². The summed E-state index contributed by atoms with van der Waals surface area (Å²) in [6.45, 7) is 9.47. The van der Waals surface area contributed by atoms with Crippen LogP contribution in [0.5, 0.6) is 0 Å². The summed E-state index contributed by atoms with van der Waals surface area (Å²) in [5, 5.41) is 11.0. The number of carbonyl (C=O) groups excluding carboxylic acids is 6. The smallest absolute Gasteiger partial charge is 0.407 e. The largest absolute Gasteiger partial charge is 0.444 e. The Kier molecular flexibility index (Phi) is 15.1. The number of alkyl halides is 1. The molecule has 17 heteroatoms. The van der Waals surface area contributed by atoms with Crippen LogP contribution in [-0.4, -0.2) is 112 Å². The zero-order valence-electron chi connectivity index (χ0n) is 27.4. The van der Waals surface area contributed by atoms with Crippen LogP contribution >= 0.6 is 11.6 Å². The topological polar surface area (TPSA) is 213 Å². The summed E-state index contributed by atoms with van der Waals surface area (Å²) in [6.07, 6.45) is 2.70. The van der Waals surface area contributed by atoms with Gasteiger partial charge < -0.3 is 30.9 Å². The fourth-order valence-electron chi connectivity index (χ4n) is 5.37. The van der Waals surface area contributed by atoms with E-state index in [0.717, 1.165) is 0 Å². The first kappa shape index (κ1) is 38.7. The van der Waals surface area contributed by atoms with E-state index in [9.17, 15) is 33.7 Å². The molecule has 2 fully saturated rings. The van der Waals surface area contributed by atoms with Gasteiger partial charge in [0.2, 0.25) is 23.6 Å². The Hall–Kier alpha value is -3.53. The second-order valence-electron chi connectivity index (χ2n) is 12.8. The minimum Gasteiger partial charge on any atom is -0.444 e. The molecular weight excluding hydrogens is 624 g/mol. The Morgan fingerprint density at radius 1 is 1.00 bits per heavy atom. The predicted octanol–water partition coefficient (Wildman–Crippen LogP) is 1.59. The number of hydrogen-bond acceptors (Lipinski definition) is 10. The number of rotatable bonds is 14. The van der Waals surface area contributed by atoms with E-state index in [-0.39, 0.29) is 31.3 Å². The van der Waals surface area contributed by atoms with E-state index >= 15 is 0 Å². The molecule has 260 valence electrons. The molecule has 2 saturated heterocycles. The van der Waals surface area contributed by atoms with Crippen molar-refractivity contribution in [3.8, 4) is 0 Å². The number of nitroso groups, excluding NO2 is 1. The maximum atomic E-state index is 13.3. The molecule has 2 heterocycles. The van der Waals surface area contributed by atoms with Crippen LogP contribution in [0.1, 0.15) is 79.6 Å². The number of amides is 7. The number of ether oxygens (including phenoxy) is 1. The van der Waals surface area contributed by atoms with Crippen LogP contribution in [0.3, 0.4) is 0 Å². The lowest BCUT2D eigenvalue weighted by Gasteiger charge is -2.30. The van der Waals surface area contributed by atoms with Gasteiger partial charge in [-0.2, -0.15) is 5.01 Å². The Morgan fingerprint density at radius 2 is 1.61 bits per heavy atom. The summed E-state index contributed by atoms with van der Waals surface area (Å²) in [6, 6.07) is -4.56. The highest BCUT2D eigenvalue weighted by atomic mass is 35.5. The molecule has 2 aliphatic heterocycles. The summed E-state index contributed by atoms with van der Waals surface area (Å²) in [5.41, 5.74) is 5.58. The highest BCUT2D eigenvalue weighted by molar-refractivity contribution is 6.18. The number of likely N-dealkylation sites (tertiary alicyclic amines) is 2. The first-order valence-electron chi connectivity index (χ1n) is 15.8. The average molecular weight is 673 g/mol. The van der Waals surface area contributed by atoms with Crippen molar-refractivity contribution in [2.24, 2.45) is 16.9 Å². The monoisotopic (exact) mass is 672 g/mol. The molecule has 7 amide bonds. The van der Waals surface area contributed by atoms with Gasteiger partial charge in [0.15, 0.2) is 0 Å². The van der Waals surface area contributed by atoms with E-state index in [0.29, 0.717) is 56.6 Å². The van der Waals surface area contributed by atoms with Crippen molar-refractivity contribution >= 4 is 47.4 Å². The fourth-order valence-corrected chi connectivity index (χ4v) is 5.53. The highest BCUT2D eigenvalue weighted by Gasteiger charge is 2.40. The zero-order valence-corrected chi connectivity index (χ0v) is 28.1.